The largest absolute Gasteiger partial charge is 0.367 e. The molecule has 0 spiro atoms. The Bertz CT molecular complexity index is 375. The van der Waals surface area contributed by atoms with Crippen molar-refractivity contribution < 1.29 is 0 Å². The van der Waals surface area contributed by atoms with Gasteiger partial charge in [-0.25, -0.2) is 0 Å². The summed E-state index contributed by atoms with van der Waals surface area (Å²) in [5.41, 5.74) is 6.80. The highest BCUT2D eigenvalue weighted by Gasteiger charge is 2.21. The molecule has 19 heavy (non-hydrogen) atoms. The summed E-state index contributed by atoms with van der Waals surface area (Å²) >= 11 is 6.32. The summed E-state index contributed by atoms with van der Waals surface area (Å²) < 4.78 is 0. The second kappa shape index (κ2) is 7.71. The second-order valence-electron chi connectivity index (χ2n) is 5.31. The average molecular weight is 282 g/mol. The van der Waals surface area contributed by atoms with Crippen LogP contribution in [0.15, 0.2) is 18.5 Å². The van der Waals surface area contributed by atoms with Gasteiger partial charge in [0.2, 0.25) is 0 Å². The summed E-state index contributed by atoms with van der Waals surface area (Å²) in [6.45, 7) is 1.72. The summed E-state index contributed by atoms with van der Waals surface area (Å²) in [5, 5.41) is 0.753. The van der Waals surface area contributed by atoms with Crippen LogP contribution in [0.25, 0.3) is 0 Å². The Hall–Kier alpha value is -0.800. The third-order valence-electron chi connectivity index (χ3n) is 3.93. The van der Waals surface area contributed by atoms with Crippen LogP contribution in [0, 0.1) is 0 Å². The predicted molar refractivity (Wildman–Crippen MR) is 81.8 cm³/mol. The van der Waals surface area contributed by atoms with Crippen LogP contribution in [-0.4, -0.2) is 24.1 Å². The number of rotatable bonds is 5. The monoisotopic (exact) mass is 281 g/mol. The number of pyridine rings is 1. The number of halogens is 1. The highest BCUT2D eigenvalue weighted by Crippen LogP contribution is 2.31. The van der Waals surface area contributed by atoms with E-state index >= 15 is 0 Å². The van der Waals surface area contributed by atoms with Gasteiger partial charge in [-0.2, -0.15) is 0 Å². The Balaban J connectivity index is 2.16. The smallest absolute Gasteiger partial charge is 0.0822 e. The lowest BCUT2D eigenvalue weighted by Gasteiger charge is -2.34. The minimum atomic E-state index is 0.606. The van der Waals surface area contributed by atoms with E-state index in [1.54, 1.807) is 6.20 Å². The van der Waals surface area contributed by atoms with Gasteiger partial charge >= 0.3 is 0 Å². The van der Waals surface area contributed by atoms with E-state index in [0.29, 0.717) is 6.04 Å². The Morgan fingerprint density at radius 1 is 1.26 bits per heavy atom. The first-order valence-electron chi connectivity index (χ1n) is 7.39. The molecule has 4 heteroatoms. The van der Waals surface area contributed by atoms with E-state index in [4.69, 9.17) is 17.3 Å². The molecule has 0 atom stereocenters. The first-order chi connectivity index (χ1) is 9.33. The van der Waals surface area contributed by atoms with Crippen molar-refractivity contribution >= 4 is 17.3 Å². The van der Waals surface area contributed by atoms with Gasteiger partial charge in [-0.1, -0.05) is 37.3 Å². The highest BCUT2D eigenvalue weighted by molar-refractivity contribution is 6.33. The predicted octanol–water partition coefficient (Wildman–Crippen LogP) is 3.61. The molecule has 1 aliphatic rings. The number of hydrogen-bond acceptors (Lipinski definition) is 3. The van der Waals surface area contributed by atoms with Crippen LogP contribution in [0.4, 0.5) is 5.69 Å². The molecule has 1 heterocycles. The van der Waals surface area contributed by atoms with Gasteiger partial charge in [0.05, 0.1) is 10.7 Å². The van der Waals surface area contributed by atoms with Crippen molar-refractivity contribution in [2.24, 2.45) is 5.73 Å². The fourth-order valence-corrected chi connectivity index (χ4v) is 3.16. The fraction of sp³-hybridized carbons (Fsp3) is 0.667. The van der Waals surface area contributed by atoms with E-state index in [1.807, 2.05) is 12.3 Å². The molecule has 0 aromatic carbocycles. The lowest BCUT2D eigenvalue weighted by Crippen LogP contribution is -2.37. The van der Waals surface area contributed by atoms with Crippen molar-refractivity contribution in [1.82, 2.24) is 4.98 Å². The quantitative estimate of drug-likeness (QED) is 0.839. The highest BCUT2D eigenvalue weighted by atomic mass is 35.5. The zero-order valence-electron chi connectivity index (χ0n) is 11.5. The molecule has 1 aliphatic carbocycles. The standard InChI is InChI=1S/C15H24ClN3/c16-14-12-18-10-8-15(14)19(11-5-9-17)13-6-3-1-2-4-7-13/h8,10,12-13H,1-7,9,11,17H2. The van der Waals surface area contributed by atoms with E-state index in [1.165, 1.54) is 38.5 Å². The zero-order chi connectivity index (χ0) is 13.5. The SMILES string of the molecule is NCCCN(c1ccncc1Cl)C1CCCCCC1. The number of anilines is 1. The van der Waals surface area contributed by atoms with Crippen molar-refractivity contribution in [2.75, 3.05) is 18.0 Å². The molecule has 1 fully saturated rings. The minimum Gasteiger partial charge on any atom is -0.367 e. The maximum absolute atomic E-state index is 6.32. The fourth-order valence-electron chi connectivity index (χ4n) is 2.93. The van der Waals surface area contributed by atoms with Crippen LogP contribution in [-0.2, 0) is 0 Å². The molecule has 2 rings (SSSR count). The molecular formula is C15H24ClN3. The Morgan fingerprint density at radius 2 is 2.00 bits per heavy atom. The molecule has 1 aromatic rings. The number of aromatic nitrogens is 1. The van der Waals surface area contributed by atoms with Crippen LogP contribution >= 0.6 is 11.6 Å². The van der Waals surface area contributed by atoms with Crippen LogP contribution in [0.2, 0.25) is 5.02 Å². The van der Waals surface area contributed by atoms with Gasteiger partial charge in [-0.15, -0.1) is 0 Å². The Kier molecular flexibility index (Phi) is 5.93. The van der Waals surface area contributed by atoms with Gasteiger partial charge in [-0.3, -0.25) is 4.98 Å². The van der Waals surface area contributed by atoms with Crippen molar-refractivity contribution in [3.05, 3.63) is 23.5 Å². The Labute approximate surface area is 121 Å². The first kappa shape index (κ1) is 14.6. The lowest BCUT2D eigenvalue weighted by molar-refractivity contribution is 0.519. The van der Waals surface area contributed by atoms with Gasteiger partial charge in [0.15, 0.2) is 0 Å². The summed E-state index contributed by atoms with van der Waals surface area (Å²) in [7, 11) is 0. The van der Waals surface area contributed by atoms with Crippen molar-refractivity contribution in [3.63, 3.8) is 0 Å². The van der Waals surface area contributed by atoms with Gasteiger partial charge in [-0.05, 0) is 31.9 Å². The third kappa shape index (κ3) is 4.08. The number of nitrogens with two attached hydrogens (primary N) is 1. The van der Waals surface area contributed by atoms with Crippen LogP contribution in [0.1, 0.15) is 44.9 Å². The lowest BCUT2D eigenvalue weighted by atomic mass is 10.1. The first-order valence-corrected chi connectivity index (χ1v) is 7.77. The normalized spacial score (nSPS) is 17.2. The minimum absolute atomic E-state index is 0.606. The van der Waals surface area contributed by atoms with Gasteiger partial charge in [0.25, 0.3) is 0 Å². The van der Waals surface area contributed by atoms with Gasteiger partial charge in [0.1, 0.15) is 0 Å². The molecule has 0 bridgehead atoms. The van der Waals surface area contributed by atoms with E-state index < -0.39 is 0 Å². The summed E-state index contributed by atoms with van der Waals surface area (Å²) in [6, 6.07) is 2.64. The number of nitrogens with zero attached hydrogens (tertiary/aromatic N) is 2. The van der Waals surface area contributed by atoms with E-state index in [-0.39, 0.29) is 0 Å². The van der Waals surface area contributed by atoms with Crippen molar-refractivity contribution in [2.45, 2.75) is 51.0 Å². The molecular weight excluding hydrogens is 258 g/mol. The maximum atomic E-state index is 6.32. The van der Waals surface area contributed by atoms with Crippen molar-refractivity contribution in [3.8, 4) is 0 Å². The molecule has 0 saturated heterocycles. The molecule has 0 aliphatic heterocycles. The molecule has 0 amide bonds. The van der Waals surface area contributed by atoms with E-state index in [2.05, 4.69) is 9.88 Å². The molecule has 1 saturated carbocycles. The molecule has 0 unspecified atom stereocenters. The number of hydrogen-bond donors (Lipinski definition) is 1. The second-order valence-corrected chi connectivity index (χ2v) is 5.72. The van der Waals surface area contributed by atoms with Gasteiger partial charge < -0.3 is 10.6 Å². The molecule has 0 radical (unpaired) electrons. The van der Waals surface area contributed by atoms with Crippen LogP contribution in [0.3, 0.4) is 0 Å². The summed E-state index contributed by atoms with van der Waals surface area (Å²) in [4.78, 5) is 6.55. The summed E-state index contributed by atoms with van der Waals surface area (Å²) in [5.74, 6) is 0. The van der Waals surface area contributed by atoms with E-state index in [9.17, 15) is 0 Å². The van der Waals surface area contributed by atoms with Crippen LogP contribution in [0.5, 0.6) is 0 Å². The van der Waals surface area contributed by atoms with Crippen LogP contribution < -0.4 is 10.6 Å². The molecule has 3 nitrogen and oxygen atoms in total. The zero-order valence-corrected chi connectivity index (χ0v) is 12.3. The topological polar surface area (TPSA) is 42.1 Å². The average Bonchev–Trinajstić information content (AvgIpc) is 2.70. The van der Waals surface area contributed by atoms with Gasteiger partial charge in [0, 0.05) is 25.0 Å². The maximum Gasteiger partial charge on any atom is 0.0822 e. The molecule has 106 valence electrons. The Morgan fingerprint density at radius 3 is 2.63 bits per heavy atom. The third-order valence-corrected chi connectivity index (χ3v) is 4.22. The molecule has 2 N–H and O–H groups in total. The summed E-state index contributed by atoms with van der Waals surface area (Å²) in [6.07, 6.45) is 12.5. The van der Waals surface area contributed by atoms with Crippen molar-refractivity contribution in [1.29, 1.82) is 0 Å². The molecule has 1 aromatic heterocycles. The van der Waals surface area contributed by atoms with E-state index in [0.717, 1.165) is 30.2 Å².